The minimum absolute atomic E-state index is 0.00276. The number of hydrogen-bond donors (Lipinski definition) is 5. The second-order valence-corrected chi connectivity index (χ2v) is 13.9. The third-order valence-corrected chi connectivity index (χ3v) is 8.44. The Hall–Kier alpha value is -2.76. The molecule has 2 aromatic heterocycles. The second kappa shape index (κ2) is 9.28. The Labute approximate surface area is 210 Å². The molecule has 3 aromatic rings. The first kappa shape index (κ1) is 26.3. The fraction of sp³-hybridized carbons (Fsp3) is 0.391. The van der Waals surface area contributed by atoms with Gasteiger partial charge in [0, 0.05) is 19.0 Å². The van der Waals surface area contributed by atoms with E-state index in [1.165, 1.54) is 17.0 Å². The van der Waals surface area contributed by atoms with Gasteiger partial charge in [-0.25, -0.2) is 4.68 Å². The molecular weight excluding hydrogens is 505 g/mol. The monoisotopic (exact) mass is 537 g/mol. The molecule has 0 saturated carbocycles. The molecule has 0 radical (unpaired) electrons. The topological polar surface area (TPSA) is 146 Å². The molecule has 4 rings (SSSR count). The number of benzene rings is 1. The lowest BCUT2D eigenvalue weighted by Gasteiger charge is -2.32. The SMILES string of the molecule is CCOP1(=O)NC(=c2c(=O)c3cccn3n(CCC(C)(C)C)c2=O)Nc2ccc(NS(C)(O)O)cc21. The average molecular weight is 538 g/mol. The van der Waals surface area contributed by atoms with Crippen molar-refractivity contribution < 1.29 is 18.2 Å². The number of nitrogens with one attached hydrogen (secondary N) is 3. The van der Waals surface area contributed by atoms with Gasteiger partial charge in [-0.05, 0) is 49.1 Å². The Balaban J connectivity index is 1.94. The van der Waals surface area contributed by atoms with Crippen molar-refractivity contribution in [3.63, 3.8) is 0 Å². The summed E-state index contributed by atoms with van der Waals surface area (Å²) in [5, 5.41) is 5.92. The van der Waals surface area contributed by atoms with Crippen LogP contribution in [-0.2, 0) is 15.6 Å². The lowest BCUT2D eigenvalue weighted by Crippen LogP contribution is -2.52. The first-order valence-corrected chi connectivity index (χ1v) is 15.0. The molecule has 1 aromatic carbocycles. The van der Waals surface area contributed by atoms with E-state index in [0.29, 0.717) is 29.9 Å². The second-order valence-electron chi connectivity index (χ2n) is 9.93. The first-order chi connectivity index (χ1) is 16.7. The van der Waals surface area contributed by atoms with Crippen molar-refractivity contribution in [3.05, 3.63) is 62.3 Å². The van der Waals surface area contributed by atoms with Crippen LogP contribution in [0.5, 0.6) is 0 Å². The van der Waals surface area contributed by atoms with Crippen molar-refractivity contribution in [2.45, 2.75) is 40.7 Å². The Bertz CT molecular complexity index is 1540. The molecule has 0 amide bonds. The summed E-state index contributed by atoms with van der Waals surface area (Å²) >= 11 is 0. The van der Waals surface area contributed by atoms with Gasteiger partial charge in [0.05, 0.1) is 23.3 Å². The van der Waals surface area contributed by atoms with Crippen LogP contribution in [0.25, 0.3) is 11.3 Å². The lowest BCUT2D eigenvalue weighted by atomic mass is 9.92. The van der Waals surface area contributed by atoms with E-state index in [2.05, 4.69) is 35.9 Å². The molecule has 1 unspecified atom stereocenters. The Morgan fingerprint density at radius 3 is 2.56 bits per heavy atom. The van der Waals surface area contributed by atoms with Crippen LogP contribution < -0.4 is 36.6 Å². The van der Waals surface area contributed by atoms with E-state index in [4.69, 9.17) is 4.52 Å². The minimum atomic E-state index is -3.80. The van der Waals surface area contributed by atoms with Crippen molar-refractivity contribution in [1.29, 1.82) is 0 Å². The molecule has 1 atom stereocenters. The molecule has 3 heterocycles. The Morgan fingerprint density at radius 1 is 1.19 bits per heavy atom. The van der Waals surface area contributed by atoms with Crippen molar-refractivity contribution >= 4 is 46.3 Å². The first-order valence-electron chi connectivity index (χ1n) is 11.5. The summed E-state index contributed by atoms with van der Waals surface area (Å²) in [5.74, 6) is 0.00276. The van der Waals surface area contributed by atoms with Gasteiger partial charge >= 0.3 is 7.52 Å². The quantitative estimate of drug-likeness (QED) is 0.300. The minimum Gasteiger partial charge on any atom is -0.340 e. The van der Waals surface area contributed by atoms with Gasteiger partial charge in [0.2, 0.25) is 5.43 Å². The number of anilines is 2. The zero-order valence-electron chi connectivity index (χ0n) is 20.9. The summed E-state index contributed by atoms with van der Waals surface area (Å²) in [6.45, 7) is 8.37. The number of aromatic nitrogens is 2. The highest BCUT2D eigenvalue weighted by Crippen LogP contribution is 2.48. The molecule has 5 N–H and O–H groups in total. The fourth-order valence-corrected chi connectivity index (χ4v) is 6.51. The molecule has 13 heteroatoms. The Kier molecular flexibility index (Phi) is 6.78. The van der Waals surface area contributed by atoms with Crippen LogP contribution in [0, 0.1) is 5.41 Å². The van der Waals surface area contributed by atoms with E-state index in [1.54, 1.807) is 41.9 Å². The van der Waals surface area contributed by atoms with Gasteiger partial charge in [0.1, 0.15) is 16.6 Å². The zero-order chi connectivity index (χ0) is 26.5. The molecule has 196 valence electrons. The zero-order valence-corrected chi connectivity index (χ0v) is 22.6. The molecule has 0 fully saturated rings. The lowest BCUT2D eigenvalue weighted by molar-refractivity contribution is 0.331. The third kappa shape index (κ3) is 5.18. The maximum atomic E-state index is 14.0. The molecule has 0 bridgehead atoms. The highest BCUT2D eigenvalue weighted by molar-refractivity contribution is 8.24. The van der Waals surface area contributed by atoms with Crippen LogP contribution in [0.1, 0.15) is 34.1 Å². The number of hydrogen-bond acceptors (Lipinski definition) is 8. The van der Waals surface area contributed by atoms with Gasteiger partial charge in [-0.2, -0.15) is 0 Å². The number of aryl methyl sites for hydroxylation is 1. The van der Waals surface area contributed by atoms with Crippen molar-refractivity contribution in [3.8, 4) is 0 Å². The van der Waals surface area contributed by atoms with Crippen LogP contribution in [-0.4, -0.2) is 31.2 Å². The summed E-state index contributed by atoms with van der Waals surface area (Å²) in [4.78, 5) is 27.1. The number of nitrogens with zero attached hydrogens (tertiary/aromatic N) is 2. The number of fused-ring (bicyclic) bond motifs is 2. The van der Waals surface area contributed by atoms with Crippen LogP contribution in [0.4, 0.5) is 11.4 Å². The van der Waals surface area contributed by atoms with Gasteiger partial charge in [-0.1, -0.05) is 20.8 Å². The molecule has 0 aliphatic carbocycles. The Morgan fingerprint density at radius 2 is 1.92 bits per heavy atom. The van der Waals surface area contributed by atoms with Crippen molar-refractivity contribution in [1.82, 2.24) is 14.3 Å². The van der Waals surface area contributed by atoms with Crippen LogP contribution >= 0.6 is 18.3 Å². The van der Waals surface area contributed by atoms with Gasteiger partial charge in [-0.3, -0.25) is 37.6 Å². The third-order valence-electron chi connectivity index (χ3n) is 5.68. The largest absolute Gasteiger partial charge is 0.340 e. The number of rotatable bonds is 6. The van der Waals surface area contributed by atoms with E-state index in [0.717, 1.165) is 0 Å². The van der Waals surface area contributed by atoms with E-state index in [-0.39, 0.29) is 28.4 Å². The standard InChI is InChI=1S/C23H32N5O6PS/c1-6-34-35(31)18-14-15(26-36(5,32)33)9-10-16(18)24-21(25-35)19-20(29)17-8-7-12-27(17)28(22(19)30)13-11-23(2,3)4/h7-10,12,14,24,26,32-33H,6,11,13H2,1-5H3,(H,25,31). The molecule has 36 heavy (non-hydrogen) atoms. The summed E-state index contributed by atoms with van der Waals surface area (Å²) in [6.07, 6.45) is 3.60. The van der Waals surface area contributed by atoms with E-state index in [1.807, 2.05) is 0 Å². The molecule has 11 nitrogen and oxygen atoms in total. The maximum absolute atomic E-state index is 14.0. The van der Waals surface area contributed by atoms with Crippen molar-refractivity contribution in [2.24, 2.45) is 5.41 Å². The summed E-state index contributed by atoms with van der Waals surface area (Å²) in [7, 11) is -6.87. The predicted molar refractivity (Wildman–Crippen MR) is 145 cm³/mol. The predicted octanol–water partition coefficient (Wildman–Crippen LogP) is 2.96. The van der Waals surface area contributed by atoms with Crippen LogP contribution in [0.15, 0.2) is 46.1 Å². The molecule has 0 spiro atoms. The smallest absolute Gasteiger partial charge is 0.327 e. The van der Waals surface area contributed by atoms with E-state index >= 15 is 0 Å². The molecule has 0 saturated heterocycles. The average Bonchev–Trinajstić information content (AvgIpc) is 3.22. The maximum Gasteiger partial charge on any atom is 0.327 e. The summed E-state index contributed by atoms with van der Waals surface area (Å²) < 4.78 is 44.8. The molecule has 1 aliphatic heterocycles. The van der Waals surface area contributed by atoms with E-state index in [9.17, 15) is 23.3 Å². The van der Waals surface area contributed by atoms with Gasteiger partial charge < -0.3 is 9.84 Å². The van der Waals surface area contributed by atoms with Crippen molar-refractivity contribution in [2.75, 3.05) is 22.9 Å². The molecule has 1 aliphatic rings. The van der Waals surface area contributed by atoms with Gasteiger partial charge in [-0.15, -0.1) is 10.8 Å². The van der Waals surface area contributed by atoms with Crippen LogP contribution in [0.3, 0.4) is 0 Å². The normalized spacial score (nSPS) is 20.0. The summed E-state index contributed by atoms with van der Waals surface area (Å²) in [5.41, 5.74) is -0.0513. The van der Waals surface area contributed by atoms with Crippen LogP contribution in [0.2, 0.25) is 0 Å². The van der Waals surface area contributed by atoms with Gasteiger partial charge in [0.25, 0.3) is 5.56 Å². The highest BCUT2D eigenvalue weighted by Gasteiger charge is 2.35. The van der Waals surface area contributed by atoms with Gasteiger partial charge in [0.15, 0.2) is 0 Å². The summed E-state index contributed by atoms with van der Waals surface area (Å²) in [6, 6.07) is 7.97. The molecular formula is C23H32N5O6PS. The van der Waals surface area contributed by atoms with E-state index < -0.39 is 29.3 Å². The fourth-order valence-electron chi connectivity index (χ4n) is 4.03. The highest BCUT2D eigenvalue weighted by atomic mass is 32.3.